The van der Waals surface area contributed by atoms with E-state index in [2.05, 4.69) is 10.3 Å². The second-order valence-electron chi connectivity index (χ2n) is 3.83. The summed E-state index contributed by atoms with van der Waals surface area (Å²) in [6, 6.07) is 0. The Morgan fingerprint density at radius 3 is 2.72 bits per heavy atom. The van der Waals surface area contributed by atoms with E-state index in [9.17, 15) is 18.0 Å². The Balaban J connectivity index is 2.33. The normalized spacial score (nSPS) is 11.6. The smallest absolute Gasteiger partial charge is 0.339 e. The van der Waals surface area contributed by atoms with Crippen LogP contribution in [0.4, 0.5) is 13.2 Å². The Morgan fingerprint density at radius 1 is 1.56 bits per heavy atom. The number of hydrogen-bond acceptors (Lipinski definition) is 4. The van der Waals surface area contributed by atoms with Crippen LogP contribution in [-0.4, -0.2) is 42.1 Å². The molecule has 18 heavy (non-hydrogen) atoms. The van der Waals surface area contributed by atoms with Crippen LogP contribution >= 0.6 is 11.3 Å². The Kier molecular flexibility index (Phi) is 5.09. The highest BCUT2D eigenvalue weighted by molar-refractivity contribution is 7.09. The third kappa shape index (κ3) is 5.46. The molecule has 1 amide bonds. The van der Waals surface area contributed by atoms with Crippen LogP contribution in [0.25, 0.3) is 0 Å². The lowest BCUT2D eigenvalue weighted by Gasteiger charge is -2.16. The first-order valence-corrected chi connectivity index (χ1v) is 6.08. The van der Waals surface area contributed by atoms with Crippen molar-refractivity contribution >= 4 is 17.2 Å². The molecule has 0 saturated carbocycles. The number of hydrogen-bond donors (Lipinski definition) is 1. The van der Waals surface area contributed by atoms with E-state index in [1.54, 1.807) is 0 Å². The van der Waals surface area contributed by atoms with Crippen LogP contribution in [0.5, 0.6) is 0 Å². The molecule has 0 atom stereocenters. The minimum absolute atomic E-state index is 0.302. The number of carbonyl (C=O) groups excluding carboxylic acids is 1. The zero-order chi connectivity index (χ0) is 13.8. The molecule has 0 saturated heterocycles. The van der Waals surface area contributed by atoms with Crippen molar-refractivity contribution in [2.45, 2.75) is 19.6 Å². The summed E-state index contributed by atoms with van der Waals surface area (Å²) in [5, 5.41) is 4.77. The number of likely N-dealkylation sites (N-methyl/N-ethyl adjacent to an activating group) is 1. The van der Waals surface area contributed by atoms with Gasteiger partial charge in [0, 0.05) is 12.4 Å². The van der Waals surface area contributed by atoms with Crippen molar-refractivity contribution < 1.29 is 18.0 Å². The van der Waals surface area contributed by atoms with E-state index in [1.165, 1.54) is 23.3 Å². The Bertz CT molecular complexity index is 405. The maximum atomic E-state index is 11.9. The van der Waals surface area contributed by atoms with E-state index in [4.69, 9.17) is 0 Å². The van der Waals surface area contributed by atoms with Gasteiger partial charge in [0.25, 0.3) is 0 Å². The van der Waals surface area contributed by atoms with E-state index < -0.39 is 18.6 Å². The molecule has 0 spiro atoms. The topological polar surface area (TPSA) is 45.2 Å². The maximum Gasteiger partial charge on any atom is 0.401 e. The van der Waals surface area contributed by atoms with Crippen molar-refractivity contribution in [3.63, 3.8) is 0 Å². The molecular formula is C10H14F3N3OS. The Hall–Kier alpha value is -1.15. The van der Waals surface area contributed by atoms with Gasteiger partial charge < -0.3 is 10.2 Å². The first-order valence-electron chi connectivity index (χ1n) is 5.20. The third-order valence-electron chi connectivity index (χ3n) is 2.09. The second-order valence-corrected chi connectivity index (χ2v) is 4.89. The van der Waals surface area contributed by atoms with E-state index in [1.807, 2.05) is 12.3 Å². The molecule has 1 aromatic heterocycles. The van der Waals surface area contributed by atoms with Gasteiger partial charge in [0.1, 0.15) is 0 Å². The molecule has 0 aromatic carbocycles. The van der Waals surface area contributed by atoms with Crippen molar-refractivity contribution in [3.05, 3.63) is 16.1 Å². The van der Waals surface area contributed by atoms with E-state index in [-0.39, 0.29) is 6.54 Å². The third-order valence-corrected chi connectivity index (χ3v) is 2.92. The number of nitrogens with zero attached hydrogens (tertiary/aromatic N) is 2. The summed E-state index contributed by atoms with van der Waals surface area (Å²) in [6.45, 7) is 0.652. The number of nitrogens with one attached hydrogen (secondary N) is 1. The molecule has 1 aromatic rings. The number of aromatic nitrogens is 1. The van der Waals surface area contributed by atoms with Gasteiger partial charge in [0.2, 0.25) is 5.91 Å². The summed E-state index contributed by atoms with van der Waals surface area (Å²) in [7, 11) is 1.53. The summed E-state index contributed by atoms with van der Waals surface area (Å²) in [4.78, 5) is 17.0. The molecule has 0 aliphatic heterocycles. The molecule has 8 heteroatoms. The van der Waals surface area contributed by atoms with Crippen molar-refractivity contribution in [1.29, 1.82) is 0 Å². The lowest BCUT2D eigenvalue weighted by molar-refractivity contribution is -0.133. The molecule has 0 radical (unpaired) electrons. The van der Waals surface area contributed by atoms with Gasteiger partial charge in [-0.2, -0.15) is 13.2 Å². The average molecular weight is 281 g/mol. The van der Waals surface area contributed by atoms with Crippen molar-refractivity contribution in [2.75, 3.05) is 20.1 Å². The van der Waals surface area contributed by atoms with Gasteiger partial charge in [-0.15, -0.1) is 11.3 Å². The number of carbonyl (C=O) groups is 1. The van der Waals surface area contributed by atoms with Gasteiger partial charge in [0.15, 0.2) is 0 Å². The number of thiazole rings is 1. The minimum atomic E-state index is -4.30. The molecule has 4 nitrogen and oxygen atoms in total. The zero-order valence-electron chi connectivity index (χ0n) is 10.0. The van der Waals surface area contributed by atoms with E-state index in [0.717, 1.165) is 10.7 Å². The maximum absolute atomic E-state index is 11.9. The van der Waals surface area contributed by atoms with Crippen LogP contribution in [-0.2, 0) is 11.3 Å². The van der Waals surface area contributed by atoms with Crippen LogP contribution in [0.15, 0.2) is 5.38 Å². The molecule has 102 valence electrons. The summed E-state index contributed by atoms with van der Waals surface area (Å²) < 4.78 is 35.6. The predicted molar refractivity (Wildman–Crippen MR) is 62.2 cm³/mol. The van der Waals surface area contributed by atoms with Crippen molar-refractivity contribution in [2.24, 2.45) is 0 Å². The van der Waals surface area contributed by atoms with Crippen molar-refractivity contribution in [1.82, 2.24) is 15.2 Å². The van der Waals surface area contributed by atoms with Gasteiger partial charge in [-0.05, 0) is 6.92 Å². The highest BCUT2D eigenvalue weighted by Gasteiger charge is 2.26. The number of amides is 1. The standard InChI is InChI=1S/C10H14F3N3OS/c1-7-15-8(5-18-7)4-16(2)9(17)3-14-6-10(11,12)13/h5,14H,3-4,6H2,1-2H3. The van der Waals surface area contributed by atoms with E-state index >= 15 is 0 Å². The molecule has 0 aliphatic rings. The lowest BCUT2D eigenvalue weighted by Crippen LogP contribution is -2.39. The van der Waals surface area contributed by atoms with Gasteiger partial charge in [-0.25, -0.2) is 4.98 Å². The monoisotopic (exact) mass is 281 g/mol. The van der Waals surface area contributed by atoms with Gasteiger partial charge >= 0.3 is 6.18 Å². The molecule has 0 unspecified atom stereocenters. The fourth-order valence-corrected chi connectivity index (χ4v) is 1.86. The molecule has 0 fully saturated rings. The minimum Gasteiger partial charge on any atom is -0.339 e. The molecular weight excluding hydrogens is 267 g/mol. The summed E-state index contributed by atoms with van der Waals surface area (Å²) >= 11 is 1.47. The molecule has 1 rings (SSSR count). The molecule has 0 bridgehead atoms. The summed E-state index contributed by atoms with van der Waals surface area (Å²) in [5.74, 6) is -0.398. The SMILES string of the molecule is Cc1nc(CN(C)C(=O)CNCC(F)(F)F)cs1. The number of alkyl halides is 3. The largest absolute Gasteiger partial charge is 0.401 e. The van der Waals surface area contributed by atoms with Gasteiger partial charge in [-0.3, -0.25) is 4.79 Å². The van der Waals surface area contributed by atoms with Crippen LogP contribution in [0, 0.1) is 6.92 Å². The summed E-state index contributed by atoms with van der Waals surface area (Å²) in [5.41, 5.74) is 0.740. The lowest BCUT2D eigenvalue weighted by atomic mass is 10.4. The van der Waals surface area contributed by atoms with Gasteiger partial charge in [0.05, 0.1) is 30.3 Å². The number of halogens is 3. The fraction of sp³-hybridized carbons (Fsp3) is 0.600. The molecule has 1 heterocycles. The Morgan fingerprint density at radius 2 is 2.22 bits per heavy atom. The first-order chi connectivity index (χ1) is 8.28. The molecule has 0 aliphatic carbocycles. The molecule has 1 N–H and O–H groups in total. The van der Waals surface area contributed by atoms with Crippen LogP contribution in [0.1, 0.15) is 10.7 Å². The van der Waals surface area contributed by atoms with Gasteiger partial charge in [-0.1, -0.05) is 0 Å². The fourth-order valence-electron chi connectivity index (χ4n) is 1.26. The highest BCUT2D eigenvalue weighted by atomic mass is 32.1. The highest BCUT2D eigenvalue weighted by Crippen LogP contribution is 2.12. The first kappa shape index (κ1) is 14.9. The summed E-state index contributed by atoms with van der Waals surface area (Å²) in [6.07, 6.45) is -4.30. The average Bonchev–Trinajstić information content (AvgIpc) is 2.61. The van der Waals surface area contributed by atoms with E-state index in [0.29, 0.717) is 6.54 Å². The number of aryl methyl sites for hydroxylation is 1. The van der Waals surface area contributed by atoms with Crippen LogP contribution in [0.3, 0.4) is 0 Å². The van der Waals surface area contributed by atoms with Crippen LogP contribution < -0.4 is 5.32 Å². The predicted octanol–water partition coefficient (Wildman–Crippen LogP) is 1.56. The Labute approximate surface area is 107 Å². The zero-order valence-corrected chi connectivity index (χ0v) is 10.9. The van der Waals surface area contributed by atoms with Crippen molar-refractivity contribution in [3.8, 4) is 0 Å². The second kappa shape index (κ2) is 6.14. The van der Waals surface area contributed by atoms with Crippen LogP contribution in [0.2, 0.25) is 0 Å². The number of rotatable bonds is 5. The quantitative estimate of drug-likeness (QED) is 0.891.